The summed E-state index contributed by atoms with van der Waals surface area (Å²) in [6.45, 7) is 12.6. The van der Waals surface area contributed by atoms with Crippen molar-refractivity contribution < 1.29 is 4.74 Å². The van der Waals surface area contributed by atoms with Gasteiger partial charge in [-0.05, 0) is 39.7 Å². The fourth-order valence-electron chi connectivity index (χ4n) is 1.89. The van der Waals surface area contributed by atoms with Crippen molar-refractivity contribution in [2.24, 2.45) is 5.92 Å². The molecule has 0 amide bonds. The second kappa shape index (κ2) is 5.51. The first-order chi connectivity index (χ1) is 6.88. The molecular weight excluding hydrogens is 210 g/mol. The maximum Gasteiger partial charge on any atom is 0.0600 e. The summed E-state index contributed by atoms with van der Waals surface area (Å²) in [6.07, 6.45) is 1.11. The molecule has 1 rings (SSSR count). The molecule has 2 unspecified atom stereocenters. The third-order valence-corrected chi connectivity index (χ3v) is 3.48. The van der Waals surface area contributed by atoms with Gasteiger partial charge < -0.3 is 9.64 Å². The minimum absolute atomic E-state index is 0.0174. The quantitative estimate of drug-likeness (QED) is 0.696. The zero-order valence-electron chi connectivity index (χ0n) is 10.4. The van der Waals surface area contributed by atoms with E-state index in [-0.39, 0.29) is 5.60 Å². The van der Waals surface area contributed by atoms with Gasteiger partial charge in [-0.15, -0.1) is 11.6 Å². The fraction of sp³-hybridized carbons (Fsp3) is 1.00. The molecule has 2 atom stereocenters. The average molecular weight is 234 g/mol. The van der Waals surface area contributed by atoms with Crippen LogP contribution in [0.5, 0.6) is 0 Å². The van der Waals surface area contributed by atoms with Gasteiger partial charge in [-0.2, -0.15) is 0 Å². The van der Waals surface area contributed by atoms with Crippen molar-refractivity contribution in [2.45, 2.75) is 45.1 Å². The Bertz CT molecular complexity index is 191. The highest BCUT2D eigenvalue weighted by Gasteiger charge is 2.24. The molecule has 0 aliphatic carbocycles. The van der Waals surface area contributed by atoms with Crippen LogP contribution in [-0.4, -0.2) is 42.1 Å². The van der Waals surface area contributed by atoms with Crippen molar-refractivity contribution >= 4 is 11.6 Å². The molecule has 3 heteroatoms. The van der Waals surface area contributed by atoms with Crippen LogP contribution in [0.3, 0.4) is 0 Å². The lowest BCUT2D eigenvalue weighted by atomic mass is 10.00. The van der Waals surface area contributed by atoms with Crippen LogP contribution in [0.15, 0.2) is 0 Å². The van der Waals surface area contributed by atoms with E-state index in [0.29, 0.717) is 11.3 Å². The molecule has 0 aromatic rings. The Morgan fingerprint density at radius 2 is 2.07 bits per heavy atom. The Hall–Kier alpha value is 0.210. The van der Waals surface area contributed by atoms with Gasteiger partial charge in [-0.1, -0.05) is 6.92 Å². The molecule has 1 saturated heterocycles. The highest BCUT2D eigenvalue weighted by molar-refractivity contribution is 6.20. The number of halogens is 1. The summed E-state index contributed by atoms with van der Waals surface area (Å²) in [7, 11) is 0. The second-order valence-corrected chi connectivity index (χ2v) is 6.10. The maximum absolute atomic E-state index is 6.18. The Labute approximate surface area is 98.9 Å². The van der Waals surface area contributed by atoms with Gasteiger partial charge in [0.1, 0.15) is 0 Å². The van der Waals surface area contributed by atoms with Crippen molar-refractivity contribution in [2.75, 3.05) is 26.2 Å². The Morgan fingerprint density at radius 3 is 2.60 bits per heavy atom. The van der Waals surface area contributed by atoms with E-state index in [9.17, 15) is 0 Å². The molecular formula is C12H24ClNO. The van der Waals surface area contributed by atoms with Gasteiger partial charge >= 0.3 is 0 Å². The number of ether oxygens (including phenoxy) is 1. The Kier molecular flexibility index (Phi) is 4.88. The van der Waals surface area contributed by atoms with Crippen LogP contribution in [0.25, 0.3) is 0 Å². The third kappa shape index (κ3) is 5.19. The van der Waals surface area contributed by atoms with Crippen molar-refractivity contribution in [3.63, 3.8) is 0 Å². The predicted molar refractivity (Wildman–Crippen MR) is 65.6 cm³/mol. The van der Waals surface area contributed by atoms with Crippen molar-refractivity contribution in [1.29, 1.82) is 0 Å². The van der Waals surface area contributed by atoms with Crippen molar-refractivity contribution in [3.05, 3.63) is 0 Å². The van der Waals surface area contributed by atoms with E-state index < -0.39 is 0 Å². The number of piperidine rings is 1. The third-order valence-electron chi connectivity index (χ3n) is 2.83. The Balaban J connectivity index is 2.17. The van der Waals surface area contributed by atoms with E-state index in [4.69, 9.17) is 16.3 Å². The number of nitrogens with zero attached hydrogens (tertiary/aromatic N) is 1. The van der Waals surface area contributed by atoms with Crippen LogP contribution in [0.4, 0.5) is 0 Å². The summed E-state index contributed by atoms with van der Waals surface area (Å²) < 4.78 is 5.72. The largest absolute Gasteiger partial charge is 0.375 e. The molecule has 1 fully saturated rings. The van der Waals surface area contributed by atoms with E-state index in [1.54, 1.807) is 0 Å². The predicted octanol–water partition coefficient (Wildman–Crippen LogP) is 2.75. The summed E-state index contributed by atoms with van der Waals surface area (Å²) in [6, 6.07) is 0. The van der Waals surface area contributed by atoms with E-state index in [1.807, 2.05) is 0 Å². The molecule has 1 aliphatic rings. The van der Waals surface area contributed by atoms with Crippen LogP contribution in [0.1, 0.15) is 34.1 Å². The molecule has 15 heavy (non-hydrogen) atoms. The molecule has 90 valence electrons. The molecule has 0 N–H and O–H groups in total. The van der Waals surface area contributed by atoms with E-state index in [0.717, 1.165) is 32.7 Å². The monoisotopic (exact) mass is 233 g/mol. The molecule has 2 nitrogen and oxygen atoms in total. The molecule has 1 heterocycles. The van der Waals surface area contributed by atoms with Crippen LogP contribution in [0.2, 0.25) is 0 Å². The van der Waals surface area contributed by atoms with Crippen LogP contribution >= 0.6 is 11.6 Å². The molecule has 0 aromatic heterocycles. The van der Waals surface area contributed by atoms with E-state index in [1.165, 1.54) is 0 Å². The fourth-order valence-corrected chi connectivity index (χ4v) is 2.06. The van der Waals surface area contributed by atoms with Crippen molar-refractivity contribution in [1.82, 2.24) is 4.90 Å². The normalized spacial score (nSPS) is 29.4. The van der Waals surface area contributed by atoms with Crippen LogP contribution in [0, 0.1) is 5.92 Å². The molecule has 0 spiro atoms. The number of likely N-dealkylation sites (tertiary alicyclic amines) is 1. The van der Waals surface area contributed by atoms with Gasteiger partial charge in [-0.25, -0.2) is 0 Å². The summed E-state index contributed by atoms with van der Waals surface area (Å²) >= 11 is 6.18. The topological polar surface area (TPSA) is 12.5 Å². The lowest BCUT2D eigenvalue weighted by Crippen LogP contribution is -2.42. The molecule has 0 aromatic carbocycles. The first-order valence-electron chi connectivity index (χ1n) is 5.89. The minimum Gasteiger partial charge on any atom is -0.375 e. The molecule has 1 aliphatic heterocycles. The number of rotatable bonds is 3. The second-order valence-electron chi connectivity index (χ2n) is 5.54. The SMILES string of the molecule is CC1CN(CCOC(C)(C)C)CCC1Cl. The molecule has 0 radical (unpaired) electrons. The van der Waals surface area contributed by atoms with Gasteiger partial charge in [0.05, 0.1) is 12.2 Å². The lowest BCUT2D eigenvalue weighted by Gasteiger charge is -2.34. The first kappa shape index (κ1) is 13.3. The van der Waals surface area contributed by atoms with Gasteiger partial charge in [0.15, 0.2) is 0 Å². The van der Waals surface area contributed by atoms with E-state index >= 15 is 0 Å². The van der Waals surface area contributed by atoms with Crippen LogP contribution in [-0.2, 0) is 4.74 Å². The van der Waals surface area contributed by atoms with E-state index in [2.05, 4.69) is 32.6 Å². The van der Waals surface area contributed by atoms with Gasteiger partial charge in [0, 0.05) is 18.5 Å². The highest BCUT2D eigenvalue weighted by Crippen LogP contribution is 2.21. The standard InChI is InChI=1S/C12H24ClNO/c1-10-9-14(6-5-11(10)13)7-8-15-12(2,3)4/h10-11H,5-9H2,1-4H3. The summed E-state index contributed by atoms with van der Waals surface area (Å²) in [5.74, 6) is 0.607. The highest BCUT2D eigenvalue weighted by atomic mass is 35.5. The van der Waals surface area contributed by atoms with Gasteiger partial charge in [-0.3, -0.25) is 0 Å². The summed E-state index contributed by atoms with van der Waals surface area (Å²) in [5.41, 5.74) is -0.0174. The van der Waals surface area contributed by atoms with Crippen LogP contribution < -0.4 is 0 Å². The Morgan fingerprint density at radius 1 is 1.40 bits per heavy atom. The van der Waals surface area contributed by atoms with Gasteiger partial charge in [0.2, 0.25) is 0 Å². The number of hydrogen-bond donors (Lipinski definition) is 0. The zero-order chi connectivity index (χ0) is 11.5. The van der Waals surface area contributed by atoms with Crippen molar-refractivity contribution in [3.8, 4) is 0 Å². The lowest BCUT2D eigenvalue weighted by molar-refractivity contribution is -0.0164. The first-order valence-corrected chi connectivity index (χ1v) is 6.32. The smallest absolute Gasteiger partial charge is 0.0600 e. The molecule has 0 saturated carbocycles. The van der Waals surface area contributed by atoms with Gasteiger partial charge in [0.25, 0.3) is 0 Å². The maximum atomic E-state index is 6.18. The minimum atomic E-state index is -0.0174. The molecule has 0 bridgehead atoms. The summed E-state index contributed by atoms with van der Waals surface area (Å²) in [5, 5.41) is 0.366. The summed E-state index contributed by atoms with van der Waals surface area (Å²) in [4.78, 5) is 2.45. The average Bonchev–Trinajstić information content (AvgIpc) is 2.09. The number of alkyl halides is 1. The number of hydrogen-bond acceptors (Lipinski definition) is 2. The zero-order valence-corrected chi connectivity index (χ0v) is 11.2.